The second-order valence-electron chi connectivity index (χ2n) is 4.28. The van der Waals surface area contributed by atoms with Gasteiger partial charge in [0, 0.05) is 11.8 Å². The molecule has 1 aromatic rings. The first-order valence-corrected chi connectivity index (χ1v) is 7.09. The van der Waals surface area contributed by atoms with Gasteiger partial charge in [-0.2, -0.15) is 11.8 Å². The third-order valence-corrected chi connectivity index (χ3v) is 4.10. The van der Waals surface area contributed by atoms with Gasteiger partial charge in [0.25, 0.3) is 0 Å². The van der Waals surface area contributed by atoms with Crippen LogP contribution in [0.5, 0.6) is 5.75 Å². The summed E-state index contributed by atoms with van der Waals surface area (Å²) in [5.41, 5.74) is 1.31. The minimum atomic E-state index is 0.352. The fourth-order valence-corrected chi connectivity index (χ4v) is 3.14. The van der Waals surface area contributed by atoms with Crippen LogP contribution in [0.2, 0.25) is 0 Å². The Morgan fingerprint density at radius 2 is 2.12 bits per heavy atom. The topological polar surface area (TPSA) is 32.3 Å². The van der Waals surface area contributed by atoms with Gasteiger partial charge in [0.1, 0.15) is 5.75 Å². The van der Waals surface area contributed by atoms with Crippen molar-refractivity contribution >= 4 is 11.8 Å². The molecule has 1 fully saturated rings. The molecule has 1 unspecified atom stereocenters. The average molecular weight is 237 g/mol. The lowest BCUT2D eigenvalue weighted by atomic mass is 10.1. The van der Waals surface area contributed by atoms with Gasteiger partial charge in [-0.3, -0.25) is 0 Å². The lowest BCUT2D eigenvalue weighted by Gasteiger charge is -2.10. The molecule has 3 heteroatoms. The molecular formula is C13H19NOS. The summed E-state index contributed by atoms with van der Waals surface area (Å²) in [6, 6.07) is 8.26. The lowest BCUT2D eigenvalue weighted by Crippen LogP contribution is -2.29. The van der Waals surface area contributed by atoms with E-state index in [9.17, 15) is 0 Å². The van der Waals surface area contributed by atoms with Crippen LogP contribution < -0.4 is 5.32 Å². The normalized spacial score (nSPS) is 20.1. The molecule has 0 amide bonds. The molecule has 1 aliphatic rings. The summed E-state index contributed by atoms with van der Waals surface area (Å²) in [4.78, 5) is 0. The van der Waals surface area contributed by atoms with E-state index in [1.54, 1.807) is 12.1 Å². The van der Waals surface area contributed by atoms with Crippen molar-refractivity contribution in [3.63, 3.8) is 0 Å². The maximum Gasteiger partial charge on any atom is 0.115 e. The molecule has 16 heavy (non-hydrogen) atoms. The third kappa shape index (κ3) is 3.72. The first-order valence-electron chi connectivity index (χ1n) is 5.93. The molecule has 0 radical (unpaired) electrons. The summed E-state index contributed by atoms with van der Waals surface area (Å²) in [5, 5.41) is 12.8. The summed E-state index contributed by atoms with van der Waals surface area (Å²) in [5.74, 6) is 2.94. The van der Waals surface area contributed by atoms with E-state index in [0.717, 1.165) is 19.0 Å². The highest BCUT2D eigenvalue weighted by atomic mass is 32.2. The smallest absolute Gasteiger partial charge is 0.115 e. The number of rotatable bonds is 5. The minimum Gasteiger partial charge on any atom is -0.508 e. The predicted octanol–water partition coefficient (Wildman–Crippen LogP) is 2.42. The molecule has 1 heterocycles. The van der Waals surface area contributed by atoms with Crippen molar-refractivity contribution in [2.75, 3.05) is 18.1 Å². The lowest BCUT2D eigenvalue weighted by molar-refractivity contribution is 0.475. The van der Waals surface area contributed by atoms with Crippen LogP contribution in [0.25, 0.3) is 0 Å². The molecule has 2 nitrogen and oxygen atoms in total. The first kappa shape index (κ1) is 11.8. The zero-order valence-electron chi connectivity index (χ0n) is 9.48. The van der Waals surface area contributed by atoms with Crippen LogP contribution in [0.1, 0.15) is 18.4 Å². The Balaban J connectivity index is 1.62. The molecule has 1 aromatic carbocycles. The number of aromatic hydroxyl groups is 1. The predicted molar refractivity (Wildman–Crippen MR) is 70.2 cm³/mol. The minimum absolute atomic E-state index is 0.352. The Labute approximate surface area is 101 Å². The summed E-state index contributed by atoms with van der Waals surface area (Å²) in [6.07, 6.45) is 3.59. The van der Waals surface area contributed by atoms with E-state index >= 15 is 0 Å². The third-order valence-electron chi connectivity index (χ3n) is 2.94. The van der Waals surface area contributed by atoms with Crippen molar-refractivity contribution in [1.82, 2.24) is 5.32 Å². The van der Waals surface area contributed by atoms with Gasteiger partial charge >= 0.3 is 0 Å². The Morgan fingerprint density at radius 1 is 1.31 bits per heavy atom. The quantitative estimate of drug-likeness (QED) is 0.771. The second kappa shape index (κ2) is 6.16. The van der Waals surface area contributed by atoms with Crippen molar-refractivity contribution in [1.29, 1.82) is 0 Å². The monoisotopic (exact) mass is 237 g/mol. The van der Waals surface area contributed by atoms with Crippen LogP contribution in [0.3, 0.4) is 0 Å². The van der Waals surface area contributed by atoms with Gasteiger partial charge < -0.3 is 10.4 Å². The Bertz CT molecular complexity index is 306. The Hall–Kier alpha value is -0.670. The van der Waals surface area contributed by atoms with E-state index in [4.69, 9.17) is 5.11 Å². The van der Waals surface area contributed by atoms with Crippen LogP contribution in [0.15, 0.2) is 24.3 Å². The number of benzene rings is 1. The highest BCUT2D eigenvalue weighted by Crippen LogP contribution is 2.17. The van der Waals surface area contributed by atoms with Crippen LogP contribution in [-0.4, -0.2) is 29.2 Å². The van der Waals surface area contributed by atoms with Gasteiger partial charge in [-0.15, -0.1) is 0 Å². The maximum absolute atomic E-state index is 9.16. The van der Waals surface area contributed by atoms with Gasteiger partial charge in [-0.05, 0) is 49.3 Å². The van der Waals surface area contributed by atoms with Gasteiger partial charge in [-0.25, -0.2) is 0 Å². The number of hydrogen-bond donors (Lipinski definition) is 2. The summed E-state index contributed by atoms with van der Waals surface area (Å²) in [6.45, 7) is 1.10. The molecule has 2 N–H and O–H groups in total. The fraction of sp³-hybridized carbons (Fsp3) is 0.538. The number of phenolic OH excluding ortho intramolecular Hbond substituents is 1. The highest BCUT2D eigenvalue weighted by Gasteiger charge is 2.13. The molecule has 0 aliphatic carbocycles. The fourth-order valence-electron chi connectivity index (χ4n) is 1.96. The molecule has 2 rings (SSSR count). The van der Waals surface area contributed by atoms with Crippen molar-refractivity contribution in [2.45, 2.75) is 25.3 Å². The second-order valence-corrected chi connectivity index (χ2v) is 5.43. The van der Waals surface area contributed by atoms with Crippen molar-refractivity contribution < 1.29 is 5.11 Å². The maximum atomic E-state index is 9.16. The number of nitrogens with one attached hydrogen (secondary N) is 1. The molecule has 0 bridgehead atoms. The van der Waals surface area contributed by atoms with Gasteiger partial charge in [0.2, 0.25) is 0 Å². The van der Waals surface area contributed by atoms with E-state index < -0.39 is 0 Å². The summed E-state index contributed by atoms with van der Waals surface area (Å²) >= 11 is 2.05. The molecule has 88 valence electrons. The van der Waals surface area contributed by atoms with Crippen molar-refractivity contribution in [3.8, 4) is 5.75 Å². The molecule has 1 aliphatic heterocycles. The molecule has 1 atom stereocenters. The average Bonchev–Trinajstić information content (AvgIpc) is 2.80. The summed E-state index contributed by atoms with van der Waals surface area (Å²) < 4.78 is 0. The first-order chi connectivity index (χ1) is 7.84. The van der Waals surface area contributed by atoms with Crippen LogP contribution >= 0.6 is 11.8 Å². The molecule has 1 saturated heterocycles. The van der Waals surface area contributed by atoms with Gasteiger partial charge in [-0.1, -0.05) is 12.1 Å². The molecule has 0 aromatic heterocycles. The van der Waals surface area contributed by atoms with E-state index in [2.05, 4.69) is 5.32 Å². The van der Waals surface area contributed by atoms with Crippen molar-refractivity contribution in [2.24, 2.45) is 0 Å². The number of hydrogen-bond acceptors (Lipinski definition) is 3. The van der Waals surface area contributed by atoms with E-state index in [-0.39, 0.29) is 0 Å². The number of phenols is 1. The van der Waals surface area contributed by atoms with Gasteiger partial charge in [0.15, 0.2) is 0 Å². The van der Waals surface area contributed by atoms with Crippen LogP contribution in [-0.2, 0) is 6.42 Å². The van der Waals surface area contributed by atoms with Gasteiger partial charge in [0.05, 0.1) is 0 Å². The van der Waals surface area contributed by atoms with Crippen LogP contribution in [0.4, 0.5) is 0 Å². The highest BCUT2D eigenvalue weighted by molar-refractivity contribution is 7.99. The van der Waals surface area contributed by atoms with Crippen molar-refractivity contribution in [3.05, 3.63) is 29.8 Å². The standard InChI is InChI=1S/C13H19NOS/c15-13-5-3-11(4-6-13)2-1-8-14-12-7-9-16-10-12/h3-6,12,14-15H,1-2,7-10H2. The number of aryl methyl sites for hydroxylation is 1. The molecular weight excluding hydrogens is 218 g/mol. The van der Waals surface area contributed by atoms with Crippen LogP contribution in [0, 0.1) is 0 Å². The molecule has 0 spiro atoms. The SMILES string of the molecule is Oc1ccc(CCCNC2CCSC2)cc1. The summed E-state index contributed by atoms with van der Waals surface area (Å²) in [7, 11) is 0. The Morgan fingerprint density at radius 3 is 2.81 bits per heavy atom. The zero-order chi connectivity index (χ0) is 11.2. The van der Waals surface area contributed by atoms with E-state index in [1.165, 1.54) is 29.9 Å². The molecule has 0 saturated carbocycles. The zero-order valence-corrected chi connectivity index (χ0v) is 10.3. The van der Waals surface area contributed by atoms with E-state index in [1.807, 2.05) is 23.9 Å². The number of thioether (sulfide) groups is 1. The van der Waals surface area contributed by atoms with E-state index in [0.29, 0.717) is 5.75 Å². The largest absolute Gasteiger partial charge is 0.508 e. The Kier molecular flexibility index (Phi) is 4.55.